The second kappa shape index (κ2) is 8.86. The van der Waals surface area contributed by atoms with Gasteiger partial charge in [-0.2, -0.15) is 13.2 Å². The van der Waals surface area contributed by atoms with Crippen molar-refractivity contribution in [2.75, 3.05) is 20.1 Å². The van der Waals surface area contributed by atoms with Crippen LogP contribution in [0.25, 0.3) is 0 Å². The summed E-state index contributed by atoms with van der Waals surface area (Å²) >= 11 is 0. The van der Waals surface area contributed by atoms with E-state index in [4.69, 9.17) is 0 Å². The lowest BCUT2D eigenvalue weighted by molar-refractivity contribution is -0.140. The van der Waals surface area contributed by atoms with Crippen LogP contribution >= 0.6 is 0 Å². The largest absolute Gasteiger partial charge is 0.416 e. The molecule has 1 fully saturated rings. The third-order valence-electron chi connectivity index (χ3n) is 5.23. The Morgan fingerprint density at radius 2 is 2.07 bits per heavy atom. The molecule has 0 aliphatic carbocycles. The van der Waals surface area contributed by atoms with Crippen LogP contribution < -0.4 is 5.32 Å². The van der Waals surface area contributed by atoms with Crippen molar-refractivity contribution in [2.24, 2.45) is 7.05 Å². The SMILES string of the molecule is CN(Cc1nccn1C)C(=O)C[C@@H]1C(=O)NCCN1Cc1ccccc1C(F)(F)F. The van der Waals surface area contributed by atoms with Crippen molar-refractivity contribution in [1.29, 1.82) is 0 Å². The minimum Gasteiger partial charge on any atom is -0.353 e. The molecule has 2 heterocycles. The summed E-state index contributed by atoms with van der Waals surface area (Å²) in [5.74, 6) is 0.0496. The summed E-state index contributed by atoms with van der Waals surface area (Å²) in [4.78, 5) is 32.4. The van der Waals surface area contributed by atoms with Crippen LogP contribution in [0.5, 0.6) is 0 Å². The summed E-state index contributed by atoms with van der Waals surface area (Å²) in [7, 11) is 3.43. The number of aryl methyl sites for hydroxylation is 1. The Bertz CT molecular complexity index is 912. The highest BCUT2D eigenvalue weighted by Gasteiger charge is 2.36. The Morgan fingerprint density at radius 1 is 1.33 bits per heavy atom. The molecule has 1 N–H and O–H groups in total. The molecule has 0 spiro atoms. The quantitative estimate of drug-likeness (QED) is 0.769. The number of nitrogens with zero attached hydrogens (tertiary/aromatic N) is 4. The van der Waals surface area contributed by atoms with E-state index in [-0.39, 0.29) is 36.9 Å². The van der Waals surface area contributed by atoms with E-state index in [1.165, 1.54) is 23.1 Å². The molecule has 10 heteroatoms. The van der Waals surface area contributed by atoms with Crippen molar-refractivity contribution in [3.63, 3.8) is 0 Å². The number of benzene rings is 1. The average molecular weight is 423 g/mol. The van der Waals surface area contributed by atoms with Gasteiger partial charge in [0.15, 0.2) is 0 Å². The number of hydrogen-bond donors (Lipinski definition) is 1. The van der Waals surface area contributed by atoms with E-state index in [1.54, 1.807) is 28.9 Å². The fourth-order valence-electron chi connectivity index (χ4n) is 3.50. The molecular weight excluding hydrogens is 399 g/mol. The summed E-state index contributed by atoms with van der Waals surface area (Å²) in [6.07, 6.45) is -1.21. The first-order valence-electron chi connectivity index (χ1n) is 9.54. The lowest BCUT2D eigenvalue weighted by atomic mass is 10.0. The lowest BCUT2D eigenvalue weighted by Crippen LogP contribution is -2.56. The van der Waals surface area contributed by atoms with E-state index in [1.807, 2.05) is 7.05 Å². The molecule has 0 unspecified atom stereocenters. The predicted molar refractivity (Wildman–Crippen MR) is 103 cm³/mol. The molecule has 0 radical (unpaired) electrons. The molecule has 7 nitrogen and oxygen atoms in total. The van der Waals surface area contributed by atoms with Gasteiger partial charge >= 0.3 is 6.18 Å². The number of piperazine rings is 1. The molecule has 0 saturated carbocycles. The maximum Gasteiger partial charge on any atom is 0.416 e. The zero-order valence-electron chi connectivity index (χ0n) is 16.8. The number of carbonyl (C=O) groups is 2. The molecule has 3 rings (SSSR count). The zero-order chi connectivity index (χ0) is 21.9. The van der Waals surface area contributed by atoms with Crippen molar-refractivity contribution in [3.05, 3.63) is 53.6 Å². The Kier molecular flexibility index (Phi) is 6.45. The van der Waals surface area contributed by atoms with Crippen molar-refractivity contribution in [2.45, 2.75) is 31.7 Å². The highest BCUT2D eigenvalue weighted by Crippen LogP contribution is 2.32. The second-order valence-corrected chi connectivity index (χ2v) is 7.34. The Hall–Kier alpha value is -2.88. The smallest absolute Gasteiger partial charge is 0.353 e. The first-order chi connectivity index (χ1) is 14.2. The van der Waals surface area contributed by atoms with Gasteiger partial charge in [0, 0.05) is 46.1 Å². The Morgan fingerprint density at radius 3 is 2.73 bits per heavy atom. The van der Waals surface area contributed by atoms with Crippen LogP contribution in [-0.2, 0) is 35.9 Å². The molecule has 2 amide bonds. The topological polar surface area (TPSA) is 70.5 Å². The summed E-state index contributed by atoms with van der Waals surface area (Å²) in [5, 5.41) is 2.70. The summed E-state index contributed by atoms with van der Waals surface area (Å²) < 4.78 is 41.8. The van der Waals surface area contributed by atoms with E-state index in [0.29, 0.717) is 18.9 Å². The van der Waals surface area contributed by atoms with Crippen LogP contribution in [0.15, 0.2) is 36.7 Å². The molecule has 1 aromatic heterocycles. The van der Waals surface area contributed by atoms with Gasteiger partial charge in [-0.05, 0) is 11.6 Å². The number of aromatic nitrogens is 2. The number of halogens is 3. The number of hydrogen-bond acceptors (Lipinski definition) is 4. The van der Waals surface area contributed by atoms with E-state index < -0.39 is 17.8 Å². The highest BCUT2D eigenvalue weighted by molar-refractivity contribution is 5.88. The number of carbonyl (C=O) groups excluding carboxylic acids is 2. The van der Waals surface area contributed by atoms with Crippen LogP contribution in [0.3, 0.4) is 0 Å². The molecule has 0 bridgehead atoms. The maximum atomic E-state index is 13.3. The van der Waals surface area contributed by atoms with Crippen LogP contribution in [0.4, 0.5) is 13.2 Å². The summed E-state index contributed by atoms with van der Waals surface area (Å²) in [6.45, 7) is 0.886. The number of amides is 2. The summed E-state index contributed by atoms with van der Waals surface area (Å²) in [5.41, 5.74) is -0.647. The van der Waals surface area contributed by atoms with Crippen molar-refractivity contribution in [3.8, 4) is 0 Å². The van der Waals surface area contributed by atoms with Crippen molar-refractivity contribution in [1.82, 2.24) is 24.7 Å². The number of nitrogens with one attached hydrogen (secondary N) is 1. The molecule has 2 aromatic rings. The summed E-state index contributed by atoms with van der Waals surface area (Å²) in [6, 6.07) is 4.47. The van der Waals surface area contributed by atoms with Crippen LogP contribution in [-0.4, -0.2) is 57.3 Å². The van der Waals surface area contributed by atoms with E-state index in [9.17, 15) is 22.8 Å². The molecule has 30 heavy (non-hydrogen) atoms. The van der Waals surface area contributed by atoms with Gasteiger partial charge in [-0.25, -0.2) is 4.98 Å². The van der Waals surface area contributed by atoms with E-state index in [2.05, 4.69) is 10.3 Å². The van der Waals surface area contributed by atoms with Gasteiger partial charge in [-0.1, -0.05) is 18.2 Å². The van der Waals surface area contributed by atoms with Gasteiger partial charge in [-0.15, -0.1) is 0 Å². The third-order valence-corrected chi connectivity index (χ3v) is 5.23. The molecule has 162 valence electrons. The van der Waals surface area contributed by atoms with Gasteiger partial charge < -0.3 is 14.8 Å². The average Bonchev–Trinajstić information content (AvgIpc) is 3.08. The Balaban J connectivity index is 1.73. The third kappa shape index (κ3) is 4.99. The monoisotopic (exact) mass is 423 g/mol. The zero-order valence-corrected chi connectivity index (χ0v) is 16.8. The molecule has 1 aliphatic rings. The fourth-order valence-corrected chi connectivity index (χ4v) is 3.50. The molecule has 1 atom stereocenters. The number of imidazole rings is 1. The van der Waals surface area contributed by atoms with Crippen molar-refractivity contribution >= 4 is 11.8 Å². The lowest BCUT2D eigenvalue weighted by Gasteiger charge is -2.35. The van der Waals surface area contributed by atoms with Gasteiger partial charge in [0.2, 0.25) is 11.8 Å². The van der Waals surface area contributed by atoms with Gasteiger partial charge in [0.05, 0.1) is 24.6 Å². The molecule has 1 aliphatic heterocycles. The highest BCUT2D eigenvalue weighted by atomic mass is 19.4. The van der Waals surface area contributed by atoms with Gasteiger partial charge in [0.1, 0.15) is 5.82 Å². The van der Waals surface area contributed by atoms with Crippen molar-refractivity contribution < 1.29 is 22.8 Å². The minimum absolute atomic E-state index is 0.0653. The Labute approximate surface area is 172 Å². The van der Waals surface area contributed by atoms with E-state index >= 15 is 0 Å². The predicted octanol–water partition coefficient (Wildman–Crippen LogP) is 1.79. The van der Waals surface area contributed by atoms with Crippen LogP contribution in [0, 0.1) is 0 Å². The van der Waals surface area contributed by atoms with Gasteiger partial charge in [-0.3, -0.25) is 14.5 Å². The normalized spacial score (nSPS) is 17.6. The molecular formula is C20H24F3N5O2. The first-order valence-corrected chi connectivity index (χ1v) is 9.54. The van der Waals surface area contributed by atoms with Crippen LogP contribution in [0.1, 0.15) is 23.4 Å². The van der Waals surface area contributed by atoms with Crippen LogP contribution in [0.2, 0.25) is 0 Å². The fraction of sp³-hybridized carbons (Fsp3) is 0.450. The number of rotatable bonds is 6. The van der Waals surface area contributed by atoms with Gasteiger partial charge in [0.25, 0.3) is 0 Å². The number of alkyl halides is 3. The van der Waals surface area contributed by atoms with E-state index in [0.717, 1.165) is 6.07 Å². The molecule has 1 saturated heterocycles. The minimum atomic E-state index is -4.48. The maximum absolute atomic E-state index is 13.3. The standard InChI is InChI=1S/C20H24F3N5O2/c1-26-9-7-24-17(26)13-27(2)18(29)11-16-19(30)25-8-10-28(16)12-14-5-3-4-6-15(14)20(21,22)23/h3-7,9,16H,8,10-13H2,1-2H3,(H,25,30)/t16-/m1/s1. The first kappa shape index (κ1) is 21.8. The second-order valence-electron chi connectivity index (χ2n) is 7.34. The molecule has 1 aromatic carbocycles.